The van der Waals surface area contributed by atoms with E-state index in [1.54, 1.807) is 6.07 Å². The molecule has 0 atom stereocenters. The lowest BCUT2D eigenvalue weighted by molar-refractivity contribution is 0.530. The Morgan fingerprint density at radius 1 is 1.40 bits per heavy atom. The van der Waals surface area contributed by atoms with Gasteiger partial charge in [0.1, 0.15) is 0 Å². The summed E-state index contributed by atoms with van der Waals surface area (Å²) in [6.07, 6.45) is 0. The number of anilines is 1. The second-order valence-corrected chi connectivity index (χ2v) is 4.23. The van der Waals surface area contributed by atoms with Crippen LogP contribution in [0.1, 0.15) is 19.4 Å². The van der Waals surface area contributed by atoms with Gasteiger partial charge in [0.15, 0.2) is 0 Å². The molecule has 0 radical (unpaired) electrons. The number of hydrogen-bond donors (Lipinski definition) is 2. The van der Waals surface area contributed by atoms with Gasteiger partial charge >= 0.3 is 0 Å². The highest BCUT2D eigenvalue weighted by Crippen LogP contribution is 2.15. The summed E-state index contributed by atoms with van der Waals surface area (Å²) >= 11 is 0. The van der Waals surface area contributed by atoms with Gasteiger partial charge in [-0.05, 0) is 39.1 Å². The predicted molar refractivity (Wildman–Crippen MR) is 62.8 cm³/mol. The fraction of sp³-hybridized carbons (Fsp3) is 0.417. The van der Waals surface area contributed by atoms with E-state index in [1.807, 2.05) is 25.2 Å². The fourth-order valence-electron chi connectivity index (χ4n) is 1.54. The van der Waals surface area contributed by atoms with Crippen molar-refractivity contribution in [3.63, 3.8) is 0 Å². The number of nitriles is 1. The van der Waals surface area contributed by atoms with Crippen LogP contribution in [0.15, 0.2) is 24.3 Å². The maximum Gasteiger partial charge on any atom is 0.0992 e. The van der Waals surface area contributed by atoms with Crippen LogP contribution in [0, 0.1) is 11.3 Å². The van der Waals surface area contributed by atoms with Crippen molar-refractivity contribution in [2.75, 3.05) is 18.9 Å². The second kappa shape index (κ2) is 4.81. The van der Waals surface area contributed by atoms with Gasteiger partial charge in [0.05, 0.1) is 11.6 Å². The van der Waals surface area contributed by atoms with Gasteiger partial charge in [-0.2, -0.15) is 5.26 Å². The lowest BCUT2D eigenvalue weighted by atomic mass is 10.0. The van der Waals surface area contributed by atoms with Gasteiger partial charge in [-0.1, -0.05) is 6.07 Å². The maximum atomic E-state index is 8.77. The average molecular weight is 203 g/mol. The van der Waals surface area contributed by atoms with E-state index in [-0.39, 0.29) is 5.54 Å². The van der Waals surface area contributed by atoms with Crippen molar-refractivity contribution in [3.8, 4) is 6.07 Å². The van der Waals surface area contributed by atoms with Gasteiger partial charge in [0.2, 0.25) is 0 Å². The molecule has 0 heterocycles. The Morgan fingerprint density at radius 3 is 2.73 bits per heavy atom. The Hall–Kier alpha value is -1.53. The molecule has 1 aromatic rings. The third-order valence-corrected chi connectivity index (χ3v) is 2.09. The zero-order valence-corrected chi connectivity index (χ0v) is 9.46. The minimum Gasteiger partial charge on any atom is -0.379 e. The summed E-state index contributed by atoms with van der Waals surface area (Å²) in [5.74, 6) is 0. The third kappa shape index (κ3) is 3.61. The molecule has 0 saturated carbocycles. The quantitative estimate of drug-likeness (QED) is 0.786. The number of likely N-dealkylation sites (N-methyl/N-ethyl adjacent to an activating group) is 1. The number of rotatable bonds is 4. The van der Waals surface area contributed by atoms with Crippen molar-refractivity contribution in [3.05, 3.63) is 29.8 Å². The van der Waals surface area contributed by atoms with E-state index in [9.17, 15) is 0 Å². The summed E-state index contributed by atoms with van der Waals surface area (Å²) in [5, 5.41) is 15.3. The first kappa shape index (κ1) is 11.5. The first-order chi connectivity index (χ1) is 7.07. The molecule has 0 fully saturated rings. The van der Waals surface area contributed by atoms with E-state index in [0.717, 1.165) is 12.2 Å². The summed E-state index contributed by atoms with van der Waals surface area (Å²) in [5.41, 5.74) is 1.64. The molecule has 1 aromatic carbocycles. The van der Waals surface area contributed by atoms with Crippen LogP contribution in [0.4, 0.5) is 5.69 Å². The third-order valence-electron chi connectivity index (χ3n) is 2.09. The van der Waals surface area contributed by atoms with Crippen LogP contribution in [0.25, 0.3) is 0 Å². The number of nitrogens with one attached hydrogen (secondary N) is 2. The van der Waals surface area contributed by atoms with E-state index >= 15 is 0 Å². The molecule has 0 aliphatic carbocycles. The van der Waals surface area contributed by atoms with Gasteiger partial charge in [-0.3, -0.25) is 0 Å². The van der Waals surface area contributed by atoms with Crippen molar-refractivity contribution in [2.45, 2.75) is 19.4 Å². The van der Waals surface area contributed by atoms with Crippen LogP contribution >= 0.6 is 0 Å². The van der Waals surface area contributed by atoms with Crippen molar-refractivity contribution < 1.29 is 0 Å². The molecule has 3 nitrogen and oxygen atoms in total. The monoisotopic (exact) mass is 203 g/mol. The Labute approximate surface area is 91.1 Å². The van der Waals surface area contributed by atoms with Crippen LogP contribution in [-0.2, 0) is 0 Å². The van der Waals surface area contributed by atoms with E-state index in [4.69, 9.17) is 5.26 Å². The summed E-state index contributed by atoms with van der Waals surface area (Å²) in [6.45, 7) is 5.09. The summed E-state index contributed by atoms with van der Waals surface area (Å²) < 4.78 is 0. The minimum atomic E-state index is -0.0250. The molecule has 0 unspecified atom stereocenters. The first-order valence-corrected chi connectivity index (χ1v) is 5.00. The Bertz CT molecular complexity index is 363. The van der Waals surface area contributed by atoms with Gasteiger partial charge in [0, 0.05) is 17.8 Å². The van der Waals surface area contributed by atoms with Crippen LogP contribution in [0.2, 0.25) is 0 Å². The molecule has 80 valence electrons. The Kier molecular flexibility index (Phi) is 3.70. The lowest BCUT2D eigenvalue weighted by Gasteiger charge is -2.27. The minimum absolute atomic E-state index is 0.0250. The summed E-state index contributed by atoms with van der Waals surface area (Å²) in [7, 11) is 1.93. The molecule has 0 aliphatic heterocycles. The summed E-state index contributed by atoms with van der Waals surface area (Å²) in [6, 6.07) is 9.65. The van der Waals surface area contributed by atoms with Crippen molar-refractivity contribution in [1.29, 1.82) is 5.26 Å². The molecule has 0 saturated heterocycles. The predicted octanol–water partition coefficient (Wildman–Crippen LogP) is 1.97. The SMILES string of the molecule is CNCC(C)(C)Nc1cccc(C#N)c1. The molecule has 0 bridgehead atoms. The number of nitrogens with zero attached hydrogens (tertiary/aromatic N) is 1. The number of benzene rings is 1. The standard InChI is InChI=1S/C12H17N3/c1-12(2,9-14-3)15-11-6-4-5-10(7-11)8-13/h4-7,14-15H,9H2,1-3H3. The Morgan fingerprint density at radius 2 is 2.13 bits per heavy atom. The highest BCUT2D eigenvalue weighted by atomic mass is 15.0. The zero-order valence-electron chi connectivity index (χ0n) is 9.46. The van der Waals surface area contributed by atoms with Gasteiger partial charge in [-0.25, -0.2) is 0 Å². The topological polar surface area (TPSA) is 47.8 Å². The van der Waals surface area contributed by atoms with Crippen LogP contribution < -0.4 is 10.6 Å². The molecule has 0 spiro atoms. The maximum absolute atomic E-state index is 8.77. The molecular formula is C12H17N3. The van der Waals surface area contributed by atoms with E-state index in [2.05, 4.69) is 30.6 Å². The first-order valence-electron chi connectivity index (χ1n) is 5.00. The average Bonchev–Trinajstić information content (AvgIpc) is 2.17. The second-order valence-electron chi connectivity index (χ2n) is 4.23. The van der Waals surface area contributed by atoms with Crippen molar-refractivity contribution >= 4 is 5.69 Å². The largest absolute Gasteiger partial charge is 0.379 e. The molecule has 15 heavy (non-hydrogen) atoms. The molecule has 0 aliphatic rings. The highest BCUT2D eigenvalue weighted by molar-refractivity contribution is 5.50. The highest BCUT2D eigenvalue weighted by Gasteiger charge is 2.15. The van der Waals surface area contributed by atoms with Gasteiger partial charge < -0.3 is 10.6 Å². The fourth-order valence-corrected chi connectivity index (χ4v) is 1.54. The van der Waals surface area contributed by atoms with Crippen molar-refractivity contribution in [1.82, 2.24) is 5.32 Å². The van der Waals surface area contributed by atoms with Crippen LogP contribution in [0.3, 0.4) is 0 Å². The van der Waals surface area contributed by atoms with Crippen LogP contribution in [0.5, 0.6) is 0 Å². The lowest BCUT2D eigenvalue weighted by Crippen LogP contribution is -2.40. The molecular weight excluding hydrogens is 186 g/mol. The molecule has 0 amide bonds. The molecule has 0 aromatic heterocycles. The Balaban J connectivity index is 2.76. The molecule has 2 N–H and O–H groups in total. The molecule has 1 rings (SSSR count). The molecule has 3 heteroatoms. The van der Waals surface area contributed by atoms with Gasteiger partial charge in [0.25, 0.3) is 0 Å². The van der Waals surface area contributed by atoms with Crippen molar-refractivity contribution in [2.24, 2.45) is 0 Å². The smallest absolute Gasteiger partial charge is 0.0992 e. The zero-order chi connectivity index (χ0) is 11.3. The summed E-state index contributed by atoms with van der Waals surface area (Å²) in [4.78, 5) is 0. The van der Waals surface area contributed by atoms with E-state index in [0.29, 0.717) is 5.56 Å². The van der Waals surface area contributed by atoms with Crippen LogP contribution in [-0.4, -0.2) is 19.1 Å². The number of hydrogen-bond acceptors (Lipinski definition) is 3. The van der Waals surface area contributed by atoms with E-state index < -0.39 is 0 Å². The normalized spacial score (nSPS) is 10.8. The van der Waals surface area contributed by atoms with Gasteiger partial charge in [-0.15, -0.1) is 0 Å². The van der Waals surface area contributed by atoms with E-state index in [1.165, 1.54) is 0 Å².